The van der Waals surface area contributed by atoms with Crippen LogP contribution in [0.5, 0.6) is 0 Å². The van der Waals surface area contributed by atoms with Crippen LogP contribution in [-0.2, 0) is 0 Å². The van der Waals surface area contributed by atoms with E-state index in [2.05, 4.69) is 26.8 Å². The van der Waals surface area contributed by atoms with Gasteiger partial charge in [0.25, 0.3) is 0 Å². The van der Waals surface area contributed by atoms with E-state index >= 15 is 0 Å². The Morgan fingerprint density at radius 3 is 2.39 bits per heavy atom. The first-order valence-corrected chi connectivity index (χ1v) is 7.65. The van der Waals surface area contributed by atoms with E-state index in [9.17, 15) is 9.90 Å². The van der Waals surface area contributed by atoms with Gasteiger partial charge in [0.15, 0.2) is 0 Å². The highest BCUT2D eigenvalue weighted by Gasteiger charge is 2.20. The Morgan fingerprint density at radius 1 is 1.13 bits per heavy atom. The zero-order valence-electron chi connectivity index (χ0n) is 13.4. The van der Waals surface area contributed by atoms with Gasteiger partial charge in [-0.3, -0.25) is 0 Å². The molecule has 0 bridgehead atoms. The summed E-state index contributed by atoms with van der Waals surface area (Å²) in [7, 11) is 2.09. The number of nitrogens with zero attached hydrogens (tertiary/aromatic N) is 4. The third kappa shape index (κ3) is 3.32. The van der Waals surface area contributed by atoms with Crippen LogP contribution in [0.2, 0.25) is 0 Å². The smallest absolute Gasteiger partial charge is 0.339 e. The molecule has 1 fully saturated rings. The molecule has 120 valence electrons. The molecule has 0 unspecified atom stereocenters. The number of hydrogen-bond donors (Lipinski definition) is 1. The number of benzene rings is 1. The van der Waals surface area contributed by atoms with Crippen LogP contribution in [0.1, 0.15) is 15.9 Å². The molecule has 2 heterocycles. The molecule has 0 aliphatic carbocycles. The highest BCUT2D eigenvalue weighted by Crippen LogP contribution is 2.24. The van der Waals surface area contributed by atoms with Crippen LogP contribution in [0.3, 0.4) is 0 Å². The van der Waals surface area contributed by atoms with Gasteiger partial charge in [-0.25, -0.2) is 14.8 Å². The number of rotatable bonds is 3. The molecule has 2 aromatic rings. The molecule has 1 N–H and O–H groups in total. The predicted octanol–water partition coefficient (Wildman–Crippen LogP) is 1.90. The van der Waals surface area contributed by atoms with Gasteiger partial charge >= 0.3 is 5.97 Å². The monoisotopic (exact) mass is 312 g/mol. The minimum absolute atomic E-state index is 0.131. The van der Waals surface area contributed by atoms with E-state index in [0.717, 1.165) is 37.3 Å². The minimum Gasteiger partial charge on any atom is -0.478 e. The third-order valence-corrected chi connectivity index (χ3v) is 4.12. The van der Waals surface area contributed by atoms with Gasteiger partial charge in [0.1, 0.15) is 5.56 Å². The molecule has 6 nitrogen and oxygen atoms in total. The van der Waals surface area contributed by atoms with Crippen LogP contribution >= 0.6 is 0 Å². The van der Waals surface area contributed by atoms with Crippen LogP contribution in [0.25, 0.3) is 11.3 Å². The number of carbonyl (C=O) groups is 1. The Labute approximate surface area is 135 Å². The topological polar surface area (TPSA) is 69.6 Å². The Balaban J connectivity index is 1.99. The maximum absolute atomic E-state index is 11.5. The maximum Gasteiger partial charge on any atom is 0.339 e. The lowest BCUT2D eigenvalue weighted by atomic mass is 10.1. The molecule has 1 aliphatic rings. The molecule has 1 saturated heterocycles. The number of likely N-dealkylation sites (N-methyl/N-ethyl adjacent to an activating group) is 1. The normalized spacial score (nSPS) is 15.7. The summed E-state index contributed by atoms with van der Waals surface area (Å²) >= 11 is 0. The lowest BCUT2D eigenvalue weighted by molar-refractivity contribution is 0.0697. The molecule has 0 saturated carbocycles. The van der Waals surface area contributed by atoms with Crippen LogP contribution in [0, 0.1) is 6.92 Å². The molecular weight excluding hydrogens is 292 g/mol. The first-order valence-electron chi connectivity index (χ1n) is 7.65. The van der Waals surface area contributed by atoms with Crippen molar-refractivity contribution < 1.29 is 9.90 Å². The first kappa shape index (κ1) is 15.4. The standard InChI is InChI=1S/C17H20N4O2/c1-12-3-5-13(6-4-12)15-14(16(22)23)11-18-17(19-15)21-9-7-20(2)8-10-21/h3-6,11H,7-10H2,1-2H3,(H,22,23). The highest BCUT2D eigenvalue weighted by molar-refractivity contribution is 5.94. The Hall–Kier alpha value is -2.47. The summed E-state index contributed by atoms with van der Waals surface area (Å²) in [5, 5.41) is 9.42. The van der Waals surface area contributed by atoms with Gasteiger partial charge in [0.05, 0.1) is 5.69 Å². The number of carboxylic acids is 1. The summed E-state index contributed by atoms with van der Waals surface area (Å²) in [4.78, 5) is 24.7. The molecule has 1 aromatic carbocycles. The van der Waals surface area contributed by atoms with Crippen LogP contribution in [-0.4, -0.2) is 59.2 Å². The van der Waals surface area contributed by atoms with Crippen molar-refractivity contribution in [2.45, 2.75) is 6.92 Å². The molecule has 1 aliphatic heterocycles. The fraction of sp³-hybridized carbons (Fsp3) is 0.353. The van der Waals surface area contributed by atoms with Crippen molar-refractivity contribution in [3.05, 3.63) is 41.6 Å². The van der Waals surface area contributed by atoms with Gasteiger partial charge in [-0.2, -0.15) is 0 Å². The summed E-state index contributed by atoms with van der Waals surface area (Å²) in [6.45, 7) is 5.58. The molecular formula is C17H20N4O2. The average Bonchev–Trinajstić information content (AvgIpc) is 2.55. The fourth-order valence-corrected chi connectivity index (χ4v) is 2.62. The number of aromatic carboxylic acids is 1. The van der Waals surface area contributed by atoms with Gasteiger partial charge in [-0.15, -0.1) is 0 Å². The van der Waals surface area contributed by atoms with Crippen molar-refractivity contribution in [1.82, 2.24) is 14.9 Å². The van der Waals surface area contributed by atoms with E-state index in [1.54, 1.807) is 0 Å². The average molecular weight is 312 g/mol. The first-order chi connectivity index (χ1) is 11.0. The van der Waals surface area contributed by atoms with Crippen molar-refractivity contribution in [2.75, 3.05) is 38.1 Å². The summed E-state index contributed by atoms with van der Waals surface area (Å²) in [5.74, 6) is -0.413. The number of carboxylic acid groups (broad SMARTS) is 1. The summed E-state index contributed by atoms with van der Waals surface area (Å²) in [6, 6.07) is 7.72. The number of piperazine rings is 1. The molecule has 0 radical (unpaired) electrons. The Bertz CT molecular complexity index is 707. The van der Waals surface area contributed by atoms with Gasteiger partial charge in [0, 0.05) is 37.9 Å². The maximum atomic E-state index is 11.5. The van der Waals surface area contributed by atoms with Crippen molar-refractivity contribution in [2.24, 2.45) is 0 Å². The predicted molar refractivity (Wildman–Crippen MR) is 88.9 cm³/mol. The van der Waals surface area contributed by atoms with Crippen LogP contribution in [0.15, 0.2) is 30.5 Å². The van der Waals surface area contributed by atoms with Crippen molar-refractivity contribution >= 4 is 11.9 Å². The van der Waals surface area contributed by atoms with E-state index < -0.39 is 5.97 Å². The molecule has 3 rings (SSSR count). The van der Waals surface area contributed by atoms with E-state index in [0.29, 0.717) is 11.6 Å². The van der Waals surface area contributed by atoms with E-state index in [1.807, 2.05) is 31.2 Å². The molecule has 1 aromatic heterocycles. The van der Waals surface area contributed by atoms with Gasteiger partial charge < -0.3 is 14.9 Å². The zero-order chi connectivity index (χ0) is 16.4. The molecule has 23 heavy (non-hydrogen) atoms. The van der Waals surface area contributed by atoms with Crippen LogP contribution < -0.4 is 4.90 Å². The SMILES string of the molecule is Cc1ccc(-c2nc(N3CCN(C)CC3)ncc2C(=O)O)cc1. The molecule has 0 atom stereocenters. The Kier molecular flexibility index (Phi) is 4.25. The number of aromatic nitrogens is 2. The fourth-order valence-electron chi connectivity index (χ4n) is 2.62. The van der Waals surface area contributed by atoms with E-state index in [-0.39, 0.29) is 5.56 Å². The largest absolute Gasteiger partial charge is 0.478 e. The van der Waals surface area contributed by atoms with E-state index in [4.69, 9.17) is 0 Å². The lowest BCUT2D eigenvalue weighted by Crippen LogP contribution is -2.45. The number of hydrogen-bond acceptors (Lipinski definition) is 5. The summed E-state index contributed by atoms with van der Waals surface area (Å²) in [6.07, 6.45) is 1.41. The highest BCUT2D eigenvalue weighted by atomic mass is 16.4. The van der Waals surface area contributed by atoms with Crippen molar-refractivity contribution in [1.29, 1.82) is 0 Å². The number of anilines is 1. The van der Waals surface area contributed by atoms with Gasteiger partial charge in [-0.05, 0) is 14.0 Å². The van der Waals surface area contributed by atoms with E-state index in [1.165, 1.54) is 6.20 Å². The summed E-state index contributed by atoms with van der Waals surface area (Å²) in [5.41, 5.74) is 2.53. The lowest BCUT2D eigenvalue weighted by Gasteiger charge is -2.32. The third-order valence-electron chi connectivity index (χ3n) is 4.12. The van der Waals surface area contributed by atoms with Crippen LogP contribution in [0.4, 0.5) is 5.95 Å². The Morgan fingerprint density at radius 2 is 1.78 bits per heavy atom. The van der Waals surface area contributed by atoms with Gasteiger partial charge in [-0.1, -0.05) is 29.8 Å². The molecule has 0 spiro atoms. The second-order valence-electron chi connectivity index (χ2n) is 5.89. The van der Waals surface area contributed by atoms with Gasteiger partial charge in [0.2, 0.25) is 5.95 Å². The van der Waals surface area contributed by atoms with Crippen molar-refractivity contribution in [3.63, 3.8) is 0 Å². The second kappa shape index (κ2) is 6.34. The minimum atomic E-state index is -1.01. The number of aryl methyl sites for hydroxylation is 1. The molecule has 6 heteroatoms. The second-order valence-corrected chi connectivity index (χ2v) is 5.89. The quantitative estimate of drug-likeness (QED) is 0.933. The molecule has 0 amide bonds. The summed E-state index contributed by atoms with van der Waals surface area (Å²) < 4.78 is 0. The van der Waals surface area contributed by atoms with Crippen molar-refractivity contribution in [3.8, 4) is 11.3 Å². The zero-order valence-corrected chi connectivity index (χ0v) is 13.4.